The molecule has 1 amide bonds. The summed E-state index contributed by atoms with van der Waals surface area (Å²) in [6, 6.07) is 18.0. The number of carbonyl (C=O) groups is 1. The third-order valence-electron chi connectivity index (χ3n) is 5.37. The van der Waals surface area contributed by atoms with Gasteiger partial charge in [-0.3, -0.25) is 4.79 Å². The van der Waals surface area contributed by atoms with Crippen LogP contribution in [0.2, 0.25) is 0 Å². The fourth-order valence-electron chi connectivity index (χ4n) is 3.79. The maximum absolute atomic E-state index is 12.9. The van der Waals surface area contributed by atoms with Crippen LogP contribution in [0.15, 0.2) is 67.0 Å². The first-order chi connectivity index (χ1) is 14.2. The maximum Gasteiger partial charge on any atom is 0.270 e. The molecule has 0 unspecified atom stereocenters. The van der Waals surface area contributed by atoms with E-state index in [0.717, 1.165) is 22.3 Å². The van der Waals surface area contributed by atoms with Crippen molar-refractivity contribution in [2.45, 2.75) is 6.10 Å². The van der Waals surface area contributed by atoms with Crippen LogP contribution in [0.3, 0.4) is 0 Å². The number of benzene rings is 1. The minimum absolute atomic E-state index is 0.00800. The SMILES string of the molecule is Cn1cccc1C(=O)N1CCO[C@H](c2nnn3cc(-c4ccccc4)ccc23)C1. The highest BCUT2D eigenvalue weighted by Gasteiger charge is 2.30. The fraction of sp³-hybridized carbons (Fsp3) is 0.227. The lowest BCUT2D eigenvalue weighted by molar-refractivity contribution is -0.0244. The third kappa shape index (κ3) is 3.19. The van der Waals surface area contributed by atoms with Crippen LogP contribution in [0.5, 0.6) is 0 Å². The van der Waals surface area contributed by atoms with Crippen LogP contribution in [-0.2, 0) is 11.8 Å². The molecule has 1 atom stereocenters. The number of nitrogens with zero attached hydrogens (tertiary/aromatic N) is 5. The first kappa shape index (κ1) is 17.6. The summed E-state index contributed by atoms with van der Waals surface area (Å²) in [6.07, 6.45) is 3.55. The maximum atomic E-state index is 12.9. The Bertz CT molecular complexity index is 1160. The molecule has 7 heteroatoms. The molecule has 0 aliphatic carbocycles. The van der Waals surface area contributed by atoms with Gasteiger partial charge in [0.05, 0.1) is 18.7 Å². The van der Waals surface area contributed by atoms with Gasteiger partial charge in [0, 0.05) is 31.5 Å². The second kappa shape index (κ2) is 7.18. The first-order valence-corrected chi connectivity index (χ1v) is 9.63. The molecule has 0 N–H and O–H groups in total. The van der Waals surface area contributed by atoms with Crippen molar-refractivity contribution in [3.05, 3.63) is 78.4 Å². The minimum atomic E-state index is -0.298. The summed E-state index contributed by atoms with van der Waals surface area (Å²) in [5.74, 6) is 0.00800. The Morgan fingerprint density at radius 1 is 1.07 bits per heavy atom. The number of pyridine rings is 1. The highest BCUT2D eigenvalue weighted by Crippen LogP contribution is 2.27. The average molecular weight is 387 g/mol. The summed E-state index contributed by atoms with van der Waals surface area (Å²) < 4.78 is 9.57. The van der Waals surface area contributed by atoms with Crippen molar-refractivity contribution in [2.24, 2.45) is 7.05 Å². The van der Waals surface area contributed by atoms with Crippen LogP contribution in [-0.4, -0.2) is 49.9 Å². The second-order valence-corrected chi connectivity index (χ2v) is 7.20. The number of morpholine rings is 1. The molecule has 29 heavy (non-hydrogen) atoms. The van der Waals surface area contributed by atoms with Gasteiger partial charge in [-0.05, 0) is 23.8 Å². The molecule has 1 fully saturated rings. The summed E-state index contributed by atoms with van der Waals surface area (Å²) in [6.45, 7) is 1.50. The van der Waals surface area contributed by atoms with Crippen LogP contribution in [0.4, 0.5) is 0 Å². The zero-order chi connectivity index (χ0) is 19.8. The first-order valence-electron chi connectivity index (χ1n) is 9.63. The van der Waals surface area contributed by atoms with Gasteiger partial charge in [-0.2, -0.15) is 0 Å². The molecular formula is C22H21N5O2. The van der Waals surface area contributed by atoms with E-state index in [2.05, 4.69) is 28.5 Å². The van der Waals surface area contributed by atoms with Crippen LogP contribution in [0.1, 0.15) is 22.3 Å². The third-order valence-corrected chi connectivity index (χ3v) is 5.37. The lowest BCUT2D eigenvalue weighted by Gasteiger charge is -2.32. The minimum Gasteiger partial charge on any atom is -0.368 e. The number of hydrogen-bond donors (Lipinski definition) is 0. The average Bonchev–Trinajstić information content (AvgIpc) is 3.39. The molecule has 0 radical (unpaired) electrons. The molecule has 4 aromatic rings. The van der Waals surface area contributed by atoms with Gasteiger partial charge in [-0.1, -0.05) is 41.6 Å². The Kier molecular flexibility index (Phi) is 4.37. The second-order valence-electron chi connectivity index (χ2n) is 7.20. The molecule has 1 saturated heterocycles. The number of hydrogen-bond acceptors (Lipinski definition) is 4. The van der Waals surface area contributed by atoms with Crippen LogP contribution < -0.4 is 0 Å². The molecule has 0 bridgehead atoms. The van der Waals surface area contributed by atoms with Crippen molar-refractivity contribution in [2.75, 3.05) is 19.7 Å². The van der Waals surface area contributed by atoms with Crippen LogP contribution in [0.25, 0.3) is 16.6 Å². The Labute approximate surface area is 168 Å². The molecule has 0 spiro atoms. The molecule has 1 aromatic carbocycles. The monoisotopic (exact) mass is 387 g/mol. The van der Waals surface area contributed by atoms with Gasteiger partial charge in [0.2, 0.25) is 0 Å². The van der Waals surface area contributed by atoms with E-state index in [-0.39, 0.29) is 12.0 Å². The predicted molar refractivity (Wildman–Crippen MR) is 108 cm³/mol. The van der Waals surface area contributed by atoms with E-state index in [9.17, 15) is 4.79 Å². The number of amides is 1. The molecule has 146 valence electrons. The van der Waals surface area contributed by atoms with Crippen LogP contribution in [0, 0.1) is 0 Å². The predicted octanol–water partition coefficient (Wildman–Crippen LogP) is 2.95. The Hall–Kier alpha value is -3.45. The topological polar surface area (TPSA) is 64.7 Å². The highest BCUT2D eigenvalue weighted by molar-refractivity contribution is 5.92. The Morgan fingerprint density at radius 3 is 2.72 bits per heavy atom. The summed E-state index contributed by atoms with van der Waals surface area (Å²) in [4.78, 5) is 14.7. The van der Waals surface area contributed by atoms with Gasteiger partial charge in [0.15, 0.2) is 0 Å². The smallest absolute Gasteiger partial charge is 0.270 e. The van der Waals surface area contributed by atoms with Crippen LogP contribution >= 0.6 is 0 Å². The van der Waals surface area contributed by atoms with Gasteiger partial charge in [0.1, 0.15) is 17.5 Å². The van der Waals surface area contributed by atoms with Gasteiger partial charge >= 0.3 is 0 Å². The van der Waals surface area contributed by atoms with Crippen molar-refractivity contribution in [3.63, 3.8) is 0 Å². The number of fused-ring (bicyclic) bond motifs is 1. The number of aryl methyl sites for hydroxylation is 1. The molecule has 7 nitrogen and oxygen atoms in total. The molecule has 4 heterocycles. The van der Waals surface area contributed by atoms with Gasteiger partial charge < -0.3 is 14.2 Å². The van der Waals surface area contributed by atoms with Crippen molar-refractivity contribution >= 4 is 11.4 Å². The van der Waals surface area contributed by atoms with Gasteiger partial charge in [0.25, 0.3) is 5.91 Å². The van der Waals surface area contributed by atoms with Crippen molar-refractivity contribution in [1.29, 1.82) is 0 Å². The van der Waals surface area contributed by atoms with E-state index in [1.807, 2.05) is 65.3 Å². The summed E-state index contributed by atoms with van der Waals surface area (Å²) in [5.41, 5.74) is 4.52. The van der Waals surface area contributed by atoms with E-state index < -0.39 is 0 Å². The Morgan fingerprint density at radius 2 is 1.93 bits per heavy atom. The van der Waals surface area contributed by atoms with Crippen molar-refractivity contribution in [3.8, 4) is 11.1 Å². The van der Waals surface area contributed by atoms with E-state index in [1.165, 1.54) is 0 Å². The largest absolute Gasteiger partial charge is 0.368 e. The quantitative estimate of drug-likeness (QED) is 0.542. The van der Waals surface area contributed by atoms with E-state index in [4.69, 9.17) is 4.74 Å². The number of aromatic nitrogens is 4. The summed E-state index contributed by atoms with van der Waals surface area (Å²) in [5, 5.41) is 8.67. The zero-order valence-electron chi connectivity index (χ0n) is 16.1. The molecule has 5 rings (SSSR count). The summed E-state index contributed by atoms with van der Waals surface area (Å²) >= 11 is 0. The lowest BCUT2D eigenvalue weighted by Crippen LogP contribution is -2.43. The van der Waals surface area contributed by atoms with E-state index >= 15 is 0 Å². The number of ether oxygens (including phenoxy) is 1. The van der Waals surface area contributed by atoms with Gasteiger partial charge in [-0.25, -0.2) is 4.52 Å². The summed E-state index contributed by atoms with van der Waals surface area (Å²) in [7, 11) is 1.88. The molecule has 1 aliphatic rings. The van der Waals surface area contributed by atoms with E-state index in [0.29, 0.717) is 25.4 Å². The standard InChI is InChI=1S/C22H21N5O2/c1-25-11-5-8-19(25)22(28)26-12-13-29-20(15-26)21-18-10-9-17(14-27(18)24-23-21)16-6-3-2-4-7-16/h2-11,14,20H,12-13,15H2,1H3/t20-/m0/s1. The lowest BCUT2D eigenvalue weighted by atomic mass is 10.1. The zero-order valence-corrected chi connectivity index (χ0v) is 16.1. The highest BCUT2D eigenvalue weighted by atomic mass is 16.5. The molecule has 0 saturated carbocycles. The number of carbonyl (C=O) groups excluding carboxylic acids is 1. The normalized spacial score (nSPS) is 17.0. The molecule has 1 aliphatic heterocycles. The fourth-order valence-corrected chi connectivity index (χ4v) is 3.79. The number of rotatable bonds is 3. The van der Waals surface area contributed by atoms with Crippen molar-refractivity contribution in [1.82, 2.24) is 24.3 Å². The van der Waals surface area contributed by atoms with Crippen molar-refractivity contribution < 1.29 is 9.53 Å². The van der Waals surface area contributed by atoms with Gasteiger partial charge in [-0.15, -0.1) is 5.10 Å². The Balaban J connectivity index is 1.42. The molecule has 3 aromatic heterocycles. The van der Waals surface area contributed by atoms with E-state index in [1.54, 1.807) is 4.52 Å². The molecular weight excluding hydrogens is 366 g/mol.